The fourth-order valence-electron chi connectivity index (χ4n) is 6.92. The van der Waals surface area contributed by atoms with Crippen LogP contribution < -0.4 is 0 Å². The van der Waals surface area contributed by atoms with Crippen molar-refractivity contribution in [1.29, 1.82) is 0 Å². The van der Waals surface area contributed by atoms with Gasteiger partial charge in [-0.2, -0.15) is 0 Å². The van der Waals surface area contributed by atoms with Crippen LogP contribution >= 0.6 is 0 Å². The summed E-state index contributed by atoms with van der Waals surface area (Å²) in [4.78, 5) is 0. The summed E-state index contributed by atoms with van der Waals surface area (Å²) in [7, 11) is 0. The Balaban J connectivity index is 1.63. The van der Waals surface area contributed by atoms with Crippen LogP contribution in [0.15, 0.2) is 66.7 Å². The van der Waals surface area contributed by atoms with Gasteiger partial charge in [-0.05, 0) is 0 Å². The van der Waals surface area contributed by atoms with Crippen molar-refractivity contribution in [3.63, 3.8) is 0 Å². The van der Waals surface area contributed by atoms with Crippen molar-refractivity contribution in [2.75, 3.05) is 0 Å². The van der Waals surface area contributed by atoms with Gasteiger partial charge in [0, 0.05) is 0 Å². The van der Waals surface area contributed by atoms with Gasteiger partial charge in [0.1, 0.15) is 0 Å². The van der Waals surface area contributed by atoms with Crippen LogP contribution in [0.4, 0.5) is 0 Å². The molecule has 0 nitrogen and oxygen atoms in total. The molecule has 1 unspecified atom stereocenters. The van der Waals surface area contributed by atoms with Crippen molar-refractivity contribution in [3.05, 3.63) is 100 Å². The number of rotatable bonds is 2. The number of hydrogen-bond donors (Lipinski definition) is 0. The molecule has 190 valence electrons. The van der Waals surface area contributed by atoms with Crippen LogP contribution in [0.25, 0.3) is 17.2 Å². The van der Waals surface area contributed by atoms with Gasteiger partial charge in [0.2, 0.25) is 0 Å². The molecule has 1 fully saturated rings. The summed E-state index contributed by atoms with van der Waals surface area (Å²) >= 11 is -2.26. The molecule has 0 heterocycles. The third-order valence-electron chi connectivity index (χ3n) is 9.06. The zero-order chi connectivity index (χ0) is 25.9. The van der Waals surface area contributed by atoms with Gasteiger partial charge in [0.15, 0.2) is 0 Å². The first-order chi connectivity index (χ1) is 17.6. The van der Waals surface area contributed by atoms with Crippen LogP contribution in [0.3, 0.4) is 0 Å². The van der Waals surface area contributed by atoms with E-state index in [2.05, 4.69) is 114 Å². The molecule has 6 rings (SSSR count). The van der Waals surface area contributed by atoms with E-state index in [4.69, 9.17) is 0 Å². The molecule has 0 amide bonds. The zero-order valence-electron chi connectivity index (χ0n) is 23.6. The normalized spacial score (nSPS) is 19.1. The average molecular weight is 566 g/mol. The average Bonchev–Trinajstić information content (AvgIpc) is 3.43. The summed E-state index contributed by atoms with van der Waals surface area (Å²) in [6.07, 6.45) is 12.0. The maximum atomic E-state index is 2.63. The van der Waals surface area contributed by atoms with Gasteiger partial charge in [-0.25, -0.2) is 0 Å². The minimum absolute atomic E-state index is 0.159. The number of allylic oxidation sites excluding steroid dienone is 1. The second-order valence-electron chi connectivity index (χ2n) is 13.6. The van der Waals surface area contributed by atoms with Gasteiger partial charge in [-0.1, -0.05) is 0 Å². The third-order valence-corrected chi connectivity index (χ3v) is 18.2. The van der Waals surface area contributed by atoms with Crippen molar-refractivity contribution in [2.45, 2.75) is 91.7 Å². The number of hydrogen-bond acceptors (Lipinski definition) is 0. The maximum absolute atomic E-state index is 2.63. The van der Waals surface area contributed by atoms with E-state index in [1.54, 1.807) is 16.7 Å². The summed E-state index contributed by atoms with van der Waals surface area (Å²) in [6, 6.07) is 24.3. The molecular weight excluding hydrogens is 524 g/mol. The quantitative estimate of drug-likeness (QED) is 0.290. The predicted octanol–water partition coefficient (Wildman–Crippen LogP) is 9.87. The predicted molar refractivity (Wildman–Crippen MR) is 157 cm³/mol. The molecule has 1 atom stereocenters. The Morgan fingerprint density at radius 2 is 1.22 bits per heavy atom. The summed E-state index contributed by atoms with van der Waals surface area (Å²) < 4.78 is 3.25. The van der Waals surface area contributed by atoms with E-state index in [1.165, 1.54) is 59.9 Å². The van der Waals surface area contributed by atoms with E-state index < -0.39 is 21.3 Å². The van der Waals surface area contributed by atoms with Crippen LogP contribution in [0, 0.1) is 0 Å². The first-order valence-electron chi connectivity index (χ1n) is 14.4. The van der Waals surface area contributed by atoms with Crippen molar-refractivity contribution in [2.24, 2.45) is 0 Å². The van der Waals surface area contributed by atoms with E-state index in [0.717, 1.165) is 0 Å². The molecule has 0 N–H and O–H groups in total. The fraction of sp³-hybridized carbons (Fsp3) is 0.417. The van der Waals surface area contributed by atoms with Crippen LogP contribution in [0.5, 0.6) is 0 Å². The Kier molecular flexibility index (Phi) is 6.47. The monoisotopic (exact) mass is 564 g/mol. The molecule has 0 radical (unpaired) electrons. The van der Waals surface area contributed by atoms with Gasteiger partial charge >= 0.3 is 234 Å². The molecule has 1 heteroatoms. The van der Waals surface area contributed by atoms with Crippen LogP contribution in [0.2, 0.25) is 0 Å². The van der Waals surface area contributed by atoms with E-state index in [-0.39, 0.29) is 10.8 Å². The second kappa shape index (κ2) is 9.41. The first-order valence-corrected chi connectivity index (χ1v) is 18.5. The second-order valence-corrected chi connectivity index (χ2v) is 20.5. The topological polar surface area (TPSA) is 0 Å². The molecule has 3 aromatic carbocycles. The Morgan fingerprint density at radius 3 is 1.78 bits per heavy atom. The Hall–Kier alpha value is -1.85. The summed E-state index contributed by atoms with van der Waals surface area (Å²) in [5.74, 6) is 0. The molecule has 3 aromatic rings. The molecule has 0 aliphatic heterocycles. The van der Waals surface area contributed by atoms with Crippen molar-refractivity contribution in [1.82, 2.24) is 0 Å². The van der Waals surface area contributed by atoms with Gasteiger partial charge in [-0.3, -0.25) is 0 Å². The first kappa shape index (κ1) is 25.4. The Bertz CT molecular complexity index is 1350. The summed E-state index contributed by atoms with van der Waals surface area (Å²) in [5, 5.41) is 0. The van der Waals surface area contributed by atoms with Crippen LogP contribution in [0.1, 0.15) is 114 Å². The Morgan fingerprint density at radius 1 is 0.649 bits per heavy atom. The van der Waals surface area contributed by atoms with Gasteiger partial charge in [0.05, 0.1) is 0 Å². The zero-order valence-corrected chi connectivity index (χ0v) is 26.1. The molecule has 0 saturated heterocycles. The van der Waals surface area contributed by atoms with E-state index in [0.29, 0.717) is 7.25 Å². The summed E-state index contributed by atoms with van der Waals surface area (Å²) in [6.45, 7) is 14.2. The van der Waals surface area contributed by atoms with Crippen molar-refractivity contribution >= 4 is 9.28 Å². The summed E-state index contributed by atoms with van der Waals surface area (Å²) in [5.41, 5.74) is 12.7. The van der Waals surface area contributed by atoms with Crippen molar-refractivity contribution in [3.8, 4) is 11.1 Å². The molecule has 3 aliphatic rings. The Labute approximate surface area is 232 Å². The minimum atomic E-state index is -2.26. The molecule has 0 aromatic heterocycles. The van der Waals surface area contributed by atoms with Gasteiger partial charge in [0.25, 0.3) is 0 Å². The van der Waals surface area contributed by atoms with Crippen molar-refractivity contribution < 1.29 is 21.3 Å². The fourth-order valence-corrected chi connectivity index (χ4v) is 17.2. The molecule has 3 aliphatic carbocycles. The molecule has 1 saturated carbocycles. The van der Waals surface area contributed by atoms with Gasteiger partial charge < -0.3 is 0 Å². The van der Waals surface area contributed by atoms with Crippen LogP contribution in [-0.2, 0) is 32.1 Å². The van der Waals surface area contributed by atoms with Crippen LogP contribution in [-0.4, -0.2) is 3.21 Å². The molecule has 0 bridgehead atoms. The van der Waals surface area contributed by atoms with E-state index in [1.807, 2.05) is 3.21 Å². The van der Waals surface area contributed by atoms with E-state index >= 15 is 0 Å². The standard InChI is InChI=1S/C21H25.C9H7.C6H10.Zr/c1-20(2,3)16-7-9-18-14(12-16)11-15-13-17(21(4,5)6)8-10-19(15)18;1-2-5-9-7-3-6-8(9)4-1;1-2-4-6-5-3-1;/h7-13H,1-6H3;1-7H;1-5H2;. The SMILES string of the molecule is CC(C)(C)c1ccc2c(c1)[CH]([Zr](=[C]1CCCCC1)[CH]1C=Cc3ccccc31)c1cc(C(C)(C)C)ccc1-2. The van der Waals surface area contributed by atoms with Gasteiger partial charge in [-0.15, -0.1) is 0 Å². The third kappa shape index (κ3) is 4.54. The van der Waals surface area contributed by atoms with E-state index in [9.17, 15) is 0 Å². The molecule has 37 heavy (non-hydrogen) atoms. The molecule has 0 spiro atoms. The number of fused-ring (bicyclic) bond motifs is 4. The molecular formula is C36H42Zr. The number of benzene rings is 3.